The van der Waals surface area contributed by atoms with Crippen LogP contribution in [-0.2, 0) is 11.4 Å². The lowest BCUT2D eigenvalue weighted by atomic mass is 9.98. The molecule has 3 rings (SSSR count). The molecule has 6 heteroatoms. The van der Waals surface area contributed by atoms with Crippen LogP contribution in [0.2, 0.25) is 0 Å². The van der Waals surface area contributed by atoms with Crippen LogP contribution < -0.4 is 10.1 Å². The summed E-state index contributed by atoms with van der Waals surface area (Å²) in [5, 5.41) is 9.46. The van der Waals surface area contributed by atoms with E-state index in [0.717, 1.165) is 22.5 Å². The summed E-state index contributed by atoms with van der Waals surface area (Å²) in [7, 11) is 1.64. The van der Waals surface area contributed by atoms with Crippen molar-refractivity contribution in [3.8, 4) is 17.1 Å². The zero-order valence-corrected chi connectivity index (χ0v) is 14.2. The summed E-state index contributed by atoms with van der Waals surface area (Å²) in [5.41, 5.74) is 3.65. The molecule has 0 aliphatic carbocycles. The largest absolute Gasteiger partial charge is 0.487 e. The van der Waals surface area contributed by atoms with Crippen molar-refractivity contribution < 1.29 is 9.53 Å². The Hall–Kier alpha value is -3.15. The van der Waals surface area contributed by atoms with Crippen LogP contribution in [-0.4, -0.2) is 28.1 Å². The number of carbonyl (C=O) groups is 1. The van der Waals surface area contributed by atoms with Gasteiger partial charge in [-0.05, 0) is 36.2 Å². The van der Waals surface area contributed by atoms with Crippen molar-refractivity contribution in [2.24, 2.45) is 0 Å². The highest BCUT2D eigenvalue weighted by Crippen LogP contribution is 2.20. The number of nitrogens with one attached hydrogen (secondary N) is 2. The molecular formula is C19H20N4O2. The molecule has 0 spiro atoms. The number of H-pyrrole nitrogens is 1. The van der Waals surface area contributed by atoms with Gasteiger partial charge in [0.2, 0.25) is 5.91 Å². The Balaban J connectivity index is 1.64. The molecule has 0 bridgehead atoms. The number of aromatic amines is 1. The summed E-state index contributed by atoms with van der Waals surface area (Å²) >= 11 is 0. The highest BCUT2D eigenvalue weighted by Gasteiger charge is 2.13. The van der Waals surface area contributed by atoms with Crippen molar-refractivity contribution >= 4 is 5.91 Å². The number of hydrogen-bond donors (Lipinski definition) is 2. The summed E-state index contributed by atoms with van der Waals surface area (Å²) in [6.07, 6.45) is 3.38. The number of nitrogens with zero attached hydrogens (tertiary/aromatic N) is 2. The molecule has 1 unspecified atom stereocenters. The molecular weight excluding hydrogens is 316 g/mol. The molecule has 3 aromatic rings. The van der Waals surface area contributed by atoms with E-state index in [9.17, 15) is 4.79 Å². The van der Waals surface area contributed by atoms with Crippen LogP contribution in [0, 0.1) is 0 Å². The first kappa shape index (κ1) is 16.7. The van der Waals surface area contributed by atoms with Crippen LogP contribution in [0.4, 0.5) is 0 Å². The molecule has 128 valence electrons. The quantitative estimate of drug-likeness (QED) is 0.725. The summed E-state index contributed by atoms with van der Waals surface area (Å²) in [6.45, 7) is 2.30. The smallest absolute Gasteiger partial charge is 0.227 e. The second-order valence-corrected chi connectivity index (χ2v) is 5.72. The zero-order chi connectivity index (χ0) is 17.6. The Morgan fingerprint density at radius 2 is 2.16 bits per heavy atom. The molecule has 1 atom stereocenters. The van der Waals surface area contributed by atoms with E-state index in [0.29, 0.717) is 12.4 Å². The first-order chi connectivity index (χ1) is 12.2. The van der Waals surface area contributed by atoms with Crippen molar-refractivity contribution in [2.45, 2.75) is 19.4 Å². The lowest BCUT2D eigenvalue weighted by Gasteiger charge is -2.12. The van der Waals surface area contributed by atoms with E-state index < -0.39 is 0 Å². The maximum Gasteiger partial charge on any atom is 0.227 e. The Morgan fingerprint density at radius 3 is 2.84 bits per heavy atom. The fourth-order valence-electron chi connectivity index (χ4n) is 2.51. The minimum atomic E-state index is -0.194. The van der Waals surface area contributed by atoms with Gasteiger partial charge in [-0.1, -0.05) is 24.3 Å². The van der Waals surface area contributed by atoms with Crippen LogP contribution in [0.5, 0.6) is 5.75 Å². The van der Waals surface area contributed by atoms with Crippen molar-refractivity contribution in [1.82, 2.24) is 20.5 Å². The van der Waals surface area contributed by atoms with Crippen molar-refractivity contribution in [1.29, 1.82) is 0 Å². The highest BCUT2D eigenvalue weighted by molar-refractivity contribution is 5.82. The van der Waals surface area contributed by atoms with E-state index in [1.165, 1.54) is 0 Å². The predicted molar refractivity (Wildman–Crippen MR) is 95.1 cm³/mol. The van der Waals surface area contributed by atoms with Crippen LogP contribution >= 0.6 is 0 Å². The Morgan fingerprint density at radius 1 is 1.28 bits per heavy atom. The van der Waals surface area contributed by atoms with Crippen LogP contribution in [0.1, 0.15) is 24.0 Å². The van der Waals surface area contributed by atoms with E-state index in [1.807, 2.05) is 49.4 Å². The predicted octanol–water partition coefficient (Wildman–Crippen LogP) is 2.90. The molecule has 25 heavy (non-hydrogen) atoms. The number of ether oxygens (including phenoxy) is 1. The van der Waals surface area contributed by atoms with Gasteiger partial charge in [0.25, 0.3) is 0 Å². The van der Waals surface area contributed by atoms with E-state index in [1.54, 1.807) is 19.4 Å². The molecule has 0 fully saturated rings. The molecule has 6 nitrogen and oxygen atoms in total. The van der Waals surface area contributed by atoms with Crippen molar-refractivity contribution in [2.75, 3.05) is 7.05 Å². The third-order valence-electron chi connectivity index (χ3n) is 4.01. The number of benzene rings is 1. The van der Waals surface area contributed by atoms with Gasteiger partial charge >= 0.3 is 0 Å². The molecule has 0 radical (unpaired) electrons. The van der Waals surface area contributed by atoms with Gasteiger partial charge in [0, 0.05) is 13.2 Å². The number of pyridine rings is 1. The van der Waals surface area contributed by atoms with E-state index in [-0.39, 0.29) is 11.8 Å². The first-order valence-corrected chi connectivity index (χ1v) is 8.06. The van der Waals surface area contributed by atoms with Gasteiger partial charge in [-0.2, -0.15) is 5.10 Å². The molecule has 0 saturated heterocycles. The van der Waals surface area contributed by atoms with Gasteiger partial charge < -0.3 is 10.1 Å². The Kier molecular flexibility index (Phi) is 5.09. The fourth-order valence-corrected chi connectivity index (χ4v) is 2.51. The molecule has 2 N–H and O–H groups in total. The van der Waals surface area contributed by atoms with E-state index >= 15 is 0 Å². The molecule has 1 aromatic carbocycles. The Bertz CT molecular complexity index is 829. The van der Waals surface area contributed by atoms with Crippen molar-refractivity contribution in [3.63, 3.8) is 0 Å². The van der Waals surface area contributed by atoms with E-state index in [2.05, 4.69) is 20.5 Å². The molecule has 0 aliphatic heterocycles. The minimum absolute atomic E-state index is 0.00309. The van der Waals surface area contributed by atoms with Gasteiger partial charge in [0.15, 0.2) is 0 Å². The van der Waals surface area contributed by atoms with E-state index in [4.69, 9.17) is 4.74 Å². The maximum absolute atomic E-state index is 11.8. The van der Waals surface area contributed by atoms with Gasteiger partial charge in [-0.3, -0.25) is 14.9 Å². The van der Waals surface area contributed by atoms with Gasteiger partial charge in [-0.25, -0.2) is 0 Å². The normalized spacial score (nSPS) is 11.8. The second-order valence-electron chi connectivity index (χ2n) is 5.72. The topological polar surface area (TPSA) is 79.9 Å². The lowest BCUT2D eigenvalue weighted by Crippen LogP contribution is -2.23. The van der Waals surface area contributed by atoms with Crippen LogP contribution in [0.3, 0.4) is 0 Å². The molecule has 2 aromatic heterocycles. The average Bonchev–Trinajstić information content (AvgIpc) is 3.20. The molecule has 0 saturated carbocycles. The second kappa shape index (κ2) is 7.61. The monoisotopic (exact) mass is 336 g/mol. The summed E-state index contributed by atoms with van der Waals surface area (Å²) < 4.78 is 5.80. The summed E-state index contributed by atoms with van der Waals surface area (Å²) in [5.74, 6) is 0.491. The van der Waals surface area contributed by atoms with Gasteiger partial charge in [0.05, 0.1) is 23.5 Å². The van der Waals surface area contributed by atoms with Gasteiger partial charge in [0.1, 0.15) is 12.4 Å². The van der Waals surface area contributed by atoms with Crippen LogP contribution in [0.15, 0.2) is 54.9 Å². The Labute approximate surface area is 146 Å². The third kappa shape index (κ3) is 4.03. The highest BCUT2D eigenvalue weighted by atomic mass is 16.5. The molecule has 2 heterocycles. The fraction of sp³-hybridized carbons (Fsp3) is 0.211. The summed E-state index contributed by atoms with van der Waals surface area (Å²) in [6, 6.07) is 13.5. The molecule has 1 amide bonds. The third-order valence-corrected chi connectivity index (χ3v) is 4.01. The standard InChI is InChI=1S/C19H20N4O2/c1-13(19(24)20-2)15-5-3-4-14(10-15)12-25-16-6-7-17(21-11-16)18-8-9-22-23-18/h3-11,13H,12H2,1-2H3,(H,20,24)(H,22,23). The number of rotatable bonds is 6. The number of carbonyl (C=O) groups excluding carboxylic acids is 1. The maximum atomic E-state index is 11.8. The van der Waals surface area contributed by atoms with Gasteiger partial charge in [-0.15, -0.1) is 0 Å². The zero-order valence-electron chi connectivity index (χ0n) is 14.2. The minimum Gasteiger partial charge on any atom is -0.487 e. The SMILES string of the molecule is CNC(=O)C(C)c1cccc(COc2ccc(-c3ccn[nH]3)nc2)c1. The number of aromatic nitrogens is 3. The summed E-state index contributed by atoms with van der Waals surface area (Å²) in [4.78, 5) is 16.1. The average molecular weight is 336 g/mol. The number of amides is 1. The molecule has 0 aliphatic rings. The lowest BCUT2D eigenvalue weighted by molar-refractivity contribution is -0.121. The van der Waals surface area contributed by atoms with Crippen molar-refractivity contribution in [3.05, 3.63) is 66.0 Å². The number of hydrogen-bond acceptors (Lipinski definition) is 4. The van der Waals surface area contributed by atoms with Crippen LogP contribution in [0.25, 0.3) is 11.4 Å². The number of likely N-dealkylation sites (N-methyl/N-ethyl adjacent to an activating group) is 1. The first-order valence-electron chi connectivity index (χ1n) is 8.06.